The molecule has 2 atom stereocenters. The highest BCUT2D eigenvalue weighted by molar-refractivity contribution is 4.55. The molecule has 0 rings (SSSR count). The first-order valence-electron chi connectivity index (χ1n) is 4.39. The van der Waals surface area contributed by atoms with Crippen LogP contribution in [-0.2, 0) is 9.47 Å². The van der Waals surface area contributed by atoms with Gasteiger partial charge in [-0.3, -0.25) is 0 Å². The summed E-state index contributed by atoms with van der Waals surface area (Å²) in [5.41, 5.74) is 0. The van der Waals surface area contributed by atoms with Crippen LogP contribution in [0.2, 0.25) is 0 Å². The van der Waals surface area contributed by atoms with E-state index >= 15 is 0 Å². The van der Waals surface area contributed by atoms with Crippen molar-refractivity contribution in [3.8, 4) is 0 Å². The van der Waals surface area contributed by atoms with E-state index in [2.05, 4.69) is 4.74 Å². The molecule has 86 valence electrons. The van der Waals surface area contributed by atoms with Crippen molar-refractivity contribution in [1.29, 1.82) is 0 Å². The van der Waals surface area contributed by atoms with E-state index in [0.717, 1.165) is 0 Å². The van der Waals surface area contributed by atoms with Gasteiger partial charge < -0.3 is 9.47 Å². The molecule has 14 heavy (non-hydrogen) atoms. The van der Waals surface area contributed by atoms with Crippen LogP contribution in [0.25, 0.3) is 0 Å². The van der Waals surface area contributed by atoms with Gasteiger partial charge in [-0.05, 0) is 12.8 Å². The van der Waals surface area contributed by atoms with E-state index < -0.39 is 18.8 Å². The third kappa shape index (κ3) is 5.39. The van der Waals surface area contributed by atoms with Gasteiger partial charge in [0.1, 0.15) is 0 Å². The molecule has 0 aliphatic rings. The molecule has 0 spiro atoms. The van der Waals surface area contributed by atoms with E-state index in [1.165, 1.54) is 0 Å². The van der Waals surface area contributed by atoms with Crippen LogP contribution in [0, 0.1) is 0 Å². The van der Waals surface area contributed by atoms with Crippen molar-refractivity contribution < 1.29 is 27.0 Å². The van der Waals surface area contributed by atoms with Gasteiger partial charge in [0, 0.05) is 6.61 Å². The lowest BCUT2D eigenvalue weighted by atomic mass is 10.4. The van der Waals surface area contributed by atoms with Crippen LogP contribution in [-0.4, -0.2) is 25.4 Å². The summed E-state index contributed by atoms with van der Waals surface area (Å²) in [6.07, 6.45) is -8.57. The molecule has 6 heteroatoms. The molecule has 0 N–H and O–H groups in total. The van der Waals surface area contributed by atoms with Crippen molar-refractivity contribution in [2.24, 2.45) is 0 Å². The quantitative estimate of drug-likeness (QED) is 0.504. The van der Waals surface area contributed by atoms with Crippen LogP contribution in [0.15, 0.2) is 0 Å². The van der Waals surface area contributed by atoms with E-state index in [1.54, 1.807) is 13.8 Å². The van der Waals surface area contributed by atoms with Crippen LogP contribution < -0.4 is 0 Å². The molecular formula is C8H14F4O2. The first-order chi connectivity index (χ1) is 6.41. The maximum absolute atomic E-state index is 12.3. The normalized spacial score (nSPS) is 16.7. The van der Waals surface area contributed by atoms with Gasteiger partial charge in [0.2, 0.25) is 0 Å². The lowest BCUT2D eigenvalue weighted by Gasteiger charge is -2.20. The second-order valence-electron chi connectivity index (χ2n) is 2.70. The minimum Gasteiger partial charge on any atom is -0.353 e. The van der Waals surface area contributed by atoms with E-state index in [4.69, 9.17) is 4.74 Å². The van der Waals surface area contributed by atoms with Gasteiger partial charge in [0.15, 0.2) is 6.29 Å². The number of rotatable bonds is 6. The second kappa shape index (κ2) is 6.19. The largest absolute Gasteiger partial charge is 0.445 e. The van der Waals surface area contributed by atoms with E-state index in [1.807, 2.05) is 0 Å². The predicted octanol–water partition coefficient (Wildman–Crippen LogP) is 3.02. The molecule has 2 nitrogen and oxygen atoms in total. The molecule has 0 heterocycles. The zero-order chi connectivity index (χ0) is 11.2. The molecule has 0 aromatic rings. The molecule has 0 saturated heterocycles. The first kappa shape index (κ1) is 13.6. The van der Waals surface area contributed by atoms with Crippen molar-refractivity contribution in [2.45, 2.75) is 45.5 Å². The molecule has 0 saturated carbocycles. The summed E-state index contributed by atoms with van der Waals surface area (Å²) in [5.74, 6) is 0. The van der Waals surface area contributed by atoms with Gasteiger partial charge in [-0.15, -0.1) is 0 Å². The van der Waals surface area contributed by atoms with Crippen LogP contribution >= 0.6 is 0 Å². The highest BCUT2D eigenvalue weighted by Gasteiger charge is 2.42. The Kier molecular flexibility index (Phi) is 6.03. The second-order valence-corrected chi connectivity index (χ2v) is 2.70. The van der Waals surface area contributed by atoms with E-state index in [9.17, 15) is 17.6 Å². The Balaban J connectivity index is 3.92. The maximum atomic E-state index is 12.3. The summed E-state index contributed by atoms with van der Waals surface area (Å²) in [7, 11) is 0. The van der Waals surface area contributed by atoms with Crippen molar-refractivity contribution >= 4 is 0 Å². The third-order valence-electron chi connectivity index (χ3n) is 1.37. The van der Waals surface area contributed by atoms with Crippen molar-refractivity contribution in [1.82, 2.24) is 0 Å². The van der Waals surface area contributed by atoms with E-state index in [-0.39, 0.29) is 13.0 Å². The Morgan fingerprint density at radius 2 is 1.79 bits per heavy atom. The fourth-order valence-corrected chi connectivity index (χ4v) is 0.713. The Morgan fingerprint density at radius 3 is 2.14 bits per heavy atom. The average molecular weight is 218 g/mol. The summed E-state index contributed by atoms with van der Waals surface area (Å²) >= 11 is 0. The number of hydrogen-bond acceptors (Lipinski definition) is 2. The fourth-order valence-electron chi connectivity index (χ4n) is 0.713. The highest BCUT2D eigenvalue weighted by atomic mass is 19.4. The van der Waals surface area contributed by atoms with Gasteiger partial charge >= 0.3 is 6.18 Å². The van der Waals surface area contributed by atoms with Gasteiger partial charge in [-0.25, -0.2) is 4.39 Å². The van der Waals surface area contributed by atoms with Crippen LogP contribution in [0.3, 0.4) is 0 Å². The van der Waals surface area contributed by atoms with Crippen molar-refractivity contribution in [2.75, 3.05) is 6.61 Å². The zero-order valence-corrected chi connectivity index (χ0v) is 8.10. The summed E-state index contributed by atoms with van der Waals surface area (Å²) < 4.78 is 56.4. The monoisotopic (exact) mass is 218 g/mol. The van der Waals surface area contributed by atoms with Crippen molar-refractivity contribution in [3.05, 3.63) is 0 Å². The van der Waals surface area contributed by atoms with Gasteiger partial charge in [-0.1, -0.05) is 13.8 Å². The van der Waals surface area contributed by atoms with Crippen LogP contribution in [0.1, 0.15) is 26.7 Å². The SMILES string of the molecule is CCCOC(CC)OC(F)C(F)(F)F. The molecule has 0 aliphatic carbocycles. The molecule has 0 aliphatic heterocycles. The molecule has 0 amide bonds. The van der Waals surface area contributed by atoms with Crippen molar-refractivity contribution in [3.63, 3.8) is 0 Å². The van der Waals surface area contributed by atoms with Gasteiger partial charge in [0.05, 0.1) is 0 Å². The summed E-state index contributed by atoms with van der Waals surface area (Å²) in [6.45, 7) is 3.61. The van der Waals surface area contributed by atoms with Crippen LogP contribution in [0.4, 0.5) is 17.6 Å². The van der Waals surface area contributed by atoms with Gasteiger partial charge in [0.25, 0.3) is 6.36 Å². The summed E-state index contributed by atoms with van der Waals surface area (Å²) in [4.78, 5) is 0. The lowest BCUT2D eigenvalue weighted by Crippen LogP contribution is -2.32. The lowest BCUT2D eigenvalue weighted by molar-refractivity contribution is -0.310. The fraction of sp³-hybridized carbons (Fsp3) is 1.00. The number of halogens is 4. The Morgan fingerprint density at radius 1 is 1.21 bits per heavy atom. The van der Waals surface area contributed by atoms with E-state index in [0.29, 0.717) is 6.42 Å². The number of alkyl halides is 4. The molecule has 0 fully saturated rings. The summed E-state index contributed by atoms with van der Waals surface area (Å²) in [5, 5.41) is 0. The smallest absolute Gasteiger partial charge is 0.353 e. The average Bonchev–Trinajstić information content (AvgIpc) is 2.10. The topological polar surface area (TPSA) is 18.5 Å². The predicted molar refractivity (Wildman–Crippen MR) is 42.4 cm³/mol. The molecule has 0 radical (unpaired) electrons. The highest BCUT2D eigenvalue weighted by Crippen LogP contribution is 2.25. The zero-order valence-electron chi connectivity index (χ0n) is 8.10. The Labute approximate surface area is 80.2 Å². The maximum Gasteiger partial charge on any atom is 0.445 e. The third-order valence-corrected chi connectivity index (χ3v) is 1.37. The molecule has 2 unspecified atom stereocenters. The molecule has 0 aromatic carbocycles. The minimum absolute atomic E-state index is 0.177. The Bertz CT molecular complexity index is 149. The molecular weight excluding hydrogens is 204 g/mol. The summed E-state index contributed by atoms with van der Waals surface area (Å²) in [6, 6.07) is 0. The number of hydrogen-bond donors (Lipinski definition) is 0. The van der Waals surface area contributed by atoms with Gasteiger partial charge in [-0.2, -0.15) is 13.2 Å². The van der Waals surface area contributed by atoms with Crippen LogP contribution in [0.5, 0.6) is 0 Å². The minimum atomic E-state index is -4.98. The standard InChI is InChI=1S/C8H14F4O2/c1-3-5-13-6(4-2)14-7(9)8(10,11)12/h6-7H,3-5H2,1-2H3. The first-order valence-corrected chi connectivity index (χ1v) is 4.39. The number of ether oxygens (including phenoxy) is 2. The molecule has 0 aromatic heterocycles. The Hall–Kier alpha value is -0.360. The molecule has 0 bridgehead atoms.